The third kappa shape index (κ3) is 4.30. The van der Waals surface area contributed by atoms with Crippen LogP contribution in [0.2, 0.25) is 0 Å². The van der Waals surface area contributed by atoms with E-state index in [0.717, 1.165) is 0 Å². The molecule has 0 saturated carbocycles. The van der Waals surface area contributed by atoms with Crippen LogP contribution in [0, 0.1) is 12.7 Å². The summed E-state index contributed by atoms with van der Waals surface area (Å²) in [5.41, 5.74) is 5.57. The van der Waals surface area contributed by atoms with Crippen LogP contribution >= 0.6 is 0 Å². The Morgan fingerprint density at radius 1 is 1.53 bits per heavy atom. The van der Waals surface area contributed by atoms with Crippen molar-refractivity contribution in [2.45, 2.75) is 26.4 Å². The monoisotopic (exact) mass is 241 g/mol. The molecule has 1 aromatic carbocycles. The average molecular weight is 241 g/mol. The number of rotatable bonds is 5. The molecule has 4 nitrogen and oxygen atoms in total. The molecule has 1 rings (SSSR count). The maximum Gasteiger partial charge on any atom is 0.404 e. The van der Waals surface area contributed by atoms with Gasteiger partial charge in [0.15, 0.2) is 0 Å². The molecule has 0 heterocycles. The van der Waals surface area contributed by atoms with Gasteiger partial charge >= 0.3 is 6.09 Å². The lowest BCUT2D eigenvalue weighted by Gasteiger charge is -2.18. The zero-order valence-electron chi connectivity index (χ0n) is 9.90. The fraction of sp³-hybridized carbons (Fsp3) is 0.417. The molecule has 0 aliphatic carbocycles. The molecule has 0 bridgehead atoms. The highest BCUT2D eigenvalue weighted by atomic mass is 19.1. The van der Waals surface area contributed by atoms with Crippen molar-refractivity contribution < 1.29 is 18.7 Å². The van der Waals surface area contributed by atoms with Crippen molar-refractivity contribution in [1.29, 1.82) is 0 Å². The van der Waals surface area contributed by atoms with E-state index in [4.69, 9.17) is 10.5 Å². The molecule has 1 unspecified atom stereocenters. The van der Waals surface area contributed by atoms with Crippen molar-refractivity contribution >= 4 is 6.09 Å². The predicted molar refractivity (Wildman–Crippen MR) is 61.4 cm³/mol. The average Bonchev–Trinajstić information content (AvgIpc) is 2.26. The molecule has 0 radical (unpaired) electrons. The molecule has 0 spiro atoms. The Morgan fingerprint density at radius 3 is 2.76 bits per heavy atom. The third-order valence-electron chi connectivity index (χ3n) is 2.30. The maximum absolute atomic E-state index is 12.9. The van der Waals surface area contributed by atoms with Crippen LogP contribution in [0.15, 0.2) is 18.2 Å². The van der Waals surface area contributed by atoms with Crippen LogP contribution in [-0.4, -0.2) is 18.8 Å². The van der Waals surface area contributed by atoms with E-state index in [9.17, 15) is 9.18 Å². The van der Waals surface area contributed by atoms with Gasteiger partial charge in [-0.15, -0.1) is 0 Å². The number of carbonyl (C=O) groups excluding carboxylic acids is 1. The highest BCUT2D eigenvalue weighted by Crippen LogP contribution is 2.20. The lowest BCUT2D eigenvalue weighted by Crippen LogP contribution is -2.26. The first-order valence-corrected chi connectivity index (χ1v) is 5.38. The second-order valence-electron chi connectivity index (χ2n) is 3.69. The zero-order chi connectivity index (χ0) is 12.8. The van der Waals surface area contributed by atoms with Gasteiger partial charge in [-0.2, -0.15) is 0 Å². The predicted octanol–water partition coefficient (Wildman–Crippen LogP) is 2.39. The van der Waals surface area contributed by atoms with Crippen molar-refractivity contribution in [1.82, 2.24) is 0 Å². The van der Waals surface area contributed by atoms with Gasteiger partial charge in [0.2, 0.25) is 0 Å². The maximum atomic E-state index is 12.9. The number of hydrogen-bond acceptors (Lipinski definition) is 3. The molecular weight excluding hydrogens is 225 g/mol. The summed E-state index contributed by atoms with van der Waals surface area (Å²) in [7, 11) is 0. The summed E-state index contributed by atoms with van der Waals surface area (Å²) in [4.78, 5) is 10.5. The van der Waals surface area contributed by atoms with Crippen molar-refractivity contribution in [3.05, 3.63) is 29.6 Å². The first-order valence-electron chi connectivity index (χ1n) is 5.38. The summed E-state index contributed by atoms with van der Waals surface area (Å²) in [6.45, 7) is 3.73. The van der Waals surface area contributed by atoms with Gasteiger partial charge in [-0.3, -0.25) is 0 Å². The molecule has 0 saturated heterocycles. The number of amides is 1. The van der Waals surface area contributed by atoms with Crippen LogP contribution in [0.1, 0.15) is 18.9 Å². The zero-order valence-corrected chi connectivity index (χ0v) is 9.90. The van der Waals surface area contributed by atoms with Gasteiger partial charge in [0.25, 0.3) is 0 Å². The summed E-state index contributed by atoms with van der Waals surface area (Å²) >= 11 is 0. The summed E-state index contributed by atoms with van der Waals surface area (Å²) in [5.74, 6) is 0.266. The molecular formula is C12H16FNO3. The molecule has 2 N–H and O–H groups in total. The number of benzene rings is 1. The summed E-state index contributed by atoms with van der Waals surface area (Å²) < 4.78 is 23.2. The Balaban J connectivity index is 2.63. The molecule has 0 fully saturated rings. The van der Waals surface area contributed by atoms with Gasteiger partial charge in [-0.1, -0.05) is 6.92 Å². The summed E-state index contributed by atoms with van der Waals surface area (Å²) in [6.07, 6.45) is -0.459. The van der Waals surface area contributed by atoms with E-state index in [1.165, 1.54) is 12.1 Å². The molecule has 5 heteroatoms. The number of aryl methyl sites for hydroxylation is 1. The van der Waals surface area contributed by atoms with E-state index in [2.05, 4.69) is 4.74 Å². The minimum Gasteiger partial charge on any atom is -0.487 e. The van der Waals surface area contributed by atoms with Gasteiger partial charge < -0.3 is 15.2 Å². The van der Waals surface area contributed by atoms with Crippen molar-refractivity contribution in [3.8, 4) is 5.75 Å². The van der Waals surface area contributed by atoms with Crippen molar-refractivity contribution in [3.63, 3.8) is 0 Å². The molecule has 0 aromatic heterocycles. The molecule has 1 aromatic rings. The lowest BCUT2D eigenvalue weighted by atomic mass is 10.2. The minimum atomic E-state index is -0.831. The third-order valence-corrected chi connectivity index (χ3v) is 2.30. The van der Waals surface area contributed by atoms with Gasteiger partial charge in [0.05, 0.1) is 0 Å². The van der Waals surface area contributed by atoms with Crippen molar-refractivity contribution in [2.24, 2.45) is 5.73 Å². The fourth-order valence-electron chi connectivity index (χ4n) is 1.33. The van der Waals surface area contributed by atoms with Crippen LogP contribution in [0.3, 0.4) is 0 Å². The topological polar surface area (TPSA) is 61.5 Å². The summed E-state index contributed by atoms with van der Waals surface area (Å²) in [6, 6.07) is 4.26. The number of halogens is 1. The second kappa shape index (κ2) is 6.08. The summed E-state index contributed by atoms with van der Waals surface area (Å²) in [5, 5.41) is 0. The van der Waals surface area contributed by atoms with E-state index < -0.39 is 6.09 Å². The van der Waals surface area contributed by atoms with Crippen LogP contribution < -0.4 is 10.5 Å². The number of nitrogens with two attached hydrogens (primary N) is 1. The van der Waals surface area contributed by atoms with Crippen LogP contribution in [0.4, 0.5) is 9.18 Å². The Kier molecular flexibility index (Phi) is 4.75. The Morgan fingerprint density at radius 2 is 2.24 bits per heavy atom. The minimum absolute atomic E-state index is 0.0860. The van der Waals surface area contributed by atoms with Crippen LogP contribution in [0.25, 0.3) is 0 Å². The van der Waals surface area contributed by atoms with Gasteiger partial charge in [0, 0.05) is 0 Å². The van der Waals surface area contributed by atoms with E-state index in [1.807, 2.05) is 6.92 Å². The lowest BCUT2D eigenvalue weighted by molar-refractivity contribution is 0.0849. The van der Waals surface area contributed by atoms with Crippen LogP contribution in [-0.2, 0) is 4.74 Å². The molecule has 0 aliphatic rings. The van der Waals surface area contributed by atoms with Gasteiger partial charge in [0.1, 0.15) is 24.3 Å². The molecule has 0 aliphatic heterocycles. The van der Waals surface area contributed by atoms with E-state index >= 15 is 0 Å². The van der Waals surface area contributed by atoms with E-state index in [-0.39, 0.29) is 18.5 Å². The number of hydrogen-bond donors (Lipinski definition) is 1. The standard InChI is InChI=1S/C12H16FNO3/c1-3-10(7-16-12(14)15)17-11-5-4-9(13)6-8(11)2/h4-6,10H,3,7H2,1-2H3,(H2,14,15). The number of carbonyl (C=O) groups is 1. The normalized spacial score (nSPS) is 11.9. The Hall–Kier alpha value is -1.78. The first kappa shape index (κ1) is 13.3. The number of primary amides is 1. The van der Waals surface area contributed by atoms with Gasteiger partial charge in [-0.25, -0.2) is 9.18 Å². The molecule has 1 amide bonds. The molecule has 1 atom stereocenters. The molecule has 94 valence electrons. The van der Waals surface area contributed by atoms with Crippen molar-refractivity contribution in [2.75, 3.05) is 6.61 Å². The second-order valence-corrected chi connectivity index (χ2v) is 3.69. The first-order chi connectivity index (χ1) is 8.02. The largest absolute Gasteiger partial charge is 0.487 e. The molecule has 17 heavy (non-hydrogen) atoms. The quantitative estimate of drug-likeness (QED) is 0.860. The van der Waals surface area contributed by atoms with E-state index in [0.29, 0.717) is 17.7 Å². The highest BCUT2D eigenvalue weighted by molar-refractivity contribution is 5.64. The highest BCUT2D eigenvalue weighted by Gasteiger charge is 2.12. The number of ether oxygens (including phenoxy) is 2. The Labute approximate surface area is 99.5 Å². The SMILES string of the molecule is CCC(COC(N)=O)Oc1ccc(F)cc1C. The Bertz CT molecular complexity index is 395. The van der Waals surface area contributed by atoms with Gasteiger partial charge in [-0.05, 0) is 37.1 Å². The van der Waals surface area contributed by atoms with E-state index in [1.54, 1.807) is 13.0 Å². The van der Waals surface area contributed by atoms with Crippen LogP contribution in [0.5, 0.6) is 5.75 Å². The fourth-order valence-corrected chi connectivity index (χ4v) is 1.33. The smallest absolute Gasteiger partial charge is 0.404 e.